The highest BCUT2D eigenvalue weighted by Crippen LogP contribution is 2.25. The third kappa shape index (κ3) is 3.47. The molecule has 19 heavy (non-hydrogen) atoms. The summed E-state index contributed by atoms with van der Waals surface area (Å²) in [5.74, 6) is 0.217. The zero-order valence-corrected chi connectivity index (χ0v) is 13.0. The summed E-state index contributed by atoms with van der Waals surface area (Å²) in [6.07, 6.45) is 0.967. The minimum absolute atomic E-state index is 0.0898. The summed E-state index contributed by atoms with van der Waals surface area (Å²) in [4.78, 5) is 0.166. The Bertz CT molecular complexity index is 562. The second-order valence-corrected chi connectivity index (χ2v) is 7.26. The molecule has 1 aromatic rings. The van der Waals surface area contributed by atoms with Crippen LogP contribution in [0.25, 0.3) is 0 Å². The predicted molar refractivity (Wildman–Crippen MR) is 77.3 cm³/mol. The SMILES string of the molecule is CC1OCCC1CNS(=O)(=O)c1cc(N)ccc1Br. The number of ether oxygens (including phenoxy) is 1. The van der Waals surface area contributed by atoms with Gasteiger partial charge in [-0.15, -0.1) is 0 Å². The van der Waals surface area contributed by atoms with Crippen molar-refractivity contribution in [3.63, 3.8) is 0 Å². The molecule has 2 unspecified atom stereocenters. The van der Waals surface area contributed by atoms with Gasteiger partial charge in [-0.1, -0.05) is 0 Å². The largest absolute Gasteiger partial charge is 0.399 e. The third-order valence-corrected chi connectivity index (χ3v) is 5.73. The molecule has 2 atom stereocenters. The van der Waals surface area contributed by atoms with Crippen molar-refractivity contribution in [3.8, 4) is 0 Å². The van der Waals surface area contributed by atoms with Crippen LogP contribution in [0, 0.1) is 5.92 Å². The lowest BCUT2D eigenvalue weighted by Crippen LogP contribution is -2.32. The van der Waals surface area contributed by atoms with Gasteiger partial charge in [0.25, 0.3) is 0 Å². The smallest absolute Gasteiger partial charge is 0.241 e. The normalized spacial score (nSPS) is 23.7. The molecule has 0 bridgehead atoms. The van der Waals surface area contributed by atoms with Gasteiger partial charge in [0.15, 0.2) is 0 Å². The van der Waals surface area contributed by atoms with Crippen molar-refractivity contribution in [1.82, 2.24) is 4.72 Å². The average molecular weight is 349 g/mol. The minimum atomic E-state index is -3.56. The van der Waals surface area contributed by atoms with Crippen LogP contribution in [0.3, 0.4) is 0 Å². The van der Waals surface area contributed by atoms with E-state index in [0.717, 1.165) is 6.42 Å². The fourth-order valence-corrected chi connectivity index (χ4v) is 4.16. The van der Waals surface area contributed by atoms with E-state index < -0.39 is 10.0 Å². The van der Waals surface area contributed by atoms with E-state index in [4.69, 9.17) is 10.5 Å². The van der Waals surface area contributed by atoms with E-state index in [2.05, 4.69) is 20.7 Å². The van der Waals surface area contributed by atoms with E-state index in [0.29, 0.717) is 23.3 Å². The standard InChI is InChI=1S/C12H17BrN2O3S/c1-8-9(4-5-18-8)7-15-19(16,17)12-6-10(14)2-3-11(12)13/h2-3,6,8-9,15H,4-5,7,14H2,1H3. The van der Waals surface area contributed by atoms with Gasteiger partial charge in [0.2, 0.25) is 10.0 Å². The molecule has 1 saturated heterocycles. The van der Waals surface area contributed by atoms with Crippen LogP contribution in [0.2, 0.25) is 0 Å². The zero-order valence-electron chi connectivity index (χ0n) is 10.6. The van der Waals surface area contributed by atoms with Gasteiger partial charge in [0, 0.05) is 29.2 Å². The van der Waals surface area contributed by atoms with E-state index in [9.17, 15) is 8.42 Å². The molecule has 5 nitrogen and oxygen atoms in total. The number of sulfonamides is 1. The quantitative estimate of drug-likeness (QED) is 0.812. The van der Waals surface area contributed by atoms with E-state index >= 15 is 0 Å². The Morgan fingerprint density at radius 3 is 2.89 bits per heavy atom. The maximum Gasteiger partial charge on any atom is 0.241 e. The van der Waals surface area contributed by atoms with Gasteiger partial charge in [-0.05, 0) is 47.5 Å². The lowest BCUT2D eigenvalue weighted by molar-refractivity contribution is 0.107. The Kier molecular flexibility index (Phi) is 4.50. The van der Waals surface area contributed by atoms with Crippen LogP contribution in [0.1, 0.15) is 13.3 Å². The minimum Gasteiger partial charge on any atom is -0.399 e. The van der Waals surface area contributed by atoms with Crippen molar-refractivity contribution < 1.29 is 13.2 Å². The Balaban J connectivity index is 2.12. The Morgan fingerprint density at radius 2 is 2.26 bits per heavy atom. The monoisotopic (exact) mass is 348 g/mol. The Labute approximate surface area is 121 Å². The van der Waals surface area contributed by atoms with Crippen LogP contribution < -0.4 is 10.5 Å². The van der Waals surface area contributed by atoms with E-state index in [1.165, 1.54) is 6.07 Å². The highest BCUT2D eigenvalue weighted by molar-refractivity contribution is 9.10. The molecule has 1 aliphatic rings. The van der Waals surface area contributed by atoms with Gasteiger partial charge in [-0.3, -0.25) is 0 Å². The predicted octanol–water partition coefficient (Wildman–Crippen LogP) is 1.73. The molecule has 1 heterocycles. The fraction of sp³-hybridized carbons (Fsp3) is 0.500. The number of rotatable bonds is 4. The summed E-state index contributed by atoms with van der Waals surface area (Å²) in [7, 11) is -3.56. The fourth-order valence-electron chi connectivity index (χ4n) is 2.06. The molecular weight excluding hydrogens is 332 g/mol. The van der Waals surface area contributed by atoms with Crippen LogP contribution in [0.5, 0.6) is 0 Å². The number of nitrogens with one attached hydrogen (secondary N) is 1. The number of nitrogens with two attached hydrogens (primary N) is 1. The van der Waals surface area contributed by atoms with Crippen LogP contribution >= 0.6 is 15.9 Å². The van der Waals surface area contributed by atoms with Crippen molar-refractivity contribution in [3.05, 3.63) is 22.7 Å². The maximum atomic E-state index is 12.2. The van der Waals surface area contributed by atoms with Crippen molar-refractivity contribution >= 4 is 31.6 Å². The summed E-state index contributed by atoms with van der Waals surface area (Å²) in [5.41, 5.74) is 6.05. The summed E-state index contributed by atoms with van der Waals surface area (Å²) >= 11 is 3.23. The molecule has 3 N–H and O–H groups in total. The third-order valence-electron chi connectivity index (χ3n) is 3.31. The molecule has 2 rings (SSSR count). The molecule has 106 valence electrons. The van der Waals surface area contributed by atoms with Crippen molar-refractivity contribution in [2.45, 2.75) is 24.3 Å². The topological polar surface area (TPSA) is 81.4 Å². The highest BCUT2D eigenvalue weighted by Gasteiger charge is 2.26. The number of hydrogen-bond acceptors (Lipinski definition) is 4. The molecule has 1 aromatic carbocycles. The lowest BCUT2D eigenvalue weighted by atomic mass is 10.0. The molecule has 0 spiro atoms. The number of nitrogen functional groups attached to an aromatic ring is 1. The molecule has 0 amide bonds. The molecule has 1 aliphatic heterocycles. The number of anilines is 1. The van der Waals surface area contributed by atoms with Gasteiger partial charge < -0.3 is 10.5 Å². The maximum absolute atomic E-state index is 12.2. The molecule has 0 saturated carbocycles. The number of hydrogen-bond donors (Lipinski definition) is 2. The Morgan fingerprint density at radius 1 is 1.53 bits per heavy atom. The highest BCUT2D eigenvalue weighted by atomic mass is 79.9. The van der Waals surface area contributed by atoms with Gasteiger partial charge in [0.1, 0.15) is 0 Å². The number of benzene rings is 1. The van der Waals surface area contributed by atoms with Crippen LogP contribution in [-0.4, -0.2) is 27.7 Å². The molecule has 1 fully saturated rings. The first-order valence-electron chi connectivity index (χ1n) is 6.06. The van der Waals surface area contributed by atoms with Gasteiger partial charge in [0.05, 0.1) is 11.0 Å². The second kappa shape index (κ2) is 5.78. The molecule has 0 aromatic heterocycles. The summed E-state index contributed by atoms with van der Waals surface area (Å²) < 4.78 is 33.0. The van der Waals surface area contributed by atoms with E-state index in [1.54, 1.807) is 12.1 Å². The number of halogens is 1. The van der Waals surface area contributed by atoms with Gasteiger partial charge in [-0.2, -0.15) is 0 Å². The van der Waals surface area contributed by atoms with Gasteiger partial charge in [-0.25, -0.2) is 13.1 Å². The summed E-state index contributed by atoms with van der Waals surface area (Å²) in [5, 5.41) is 0. The average Bonchev–Trinajstić information content (AvgIpc) is 2.75. The van der Waals surface area contributed by atoms with E-state index in [-0.39, 0.29) is 16.9 Å². The first-order chi connectivity index (χ1) is 8.90. The molecular formula is C12H17BrN2O3S. The lowest BCUT2D eigenvalue weighted by Gasteiger charge is -2.15. The first-order valence-corrected chi connectivity index (χ1v) is 8.34. The van der Waals surface area contributed by atoms with Gasteiger partial charge >= 0.3 is 0 Å². The van der Waals surface area contributed by atoms with Crippen LogP contribution in [0.15, 0.2) is 27.6 Å². The van der Waals surface area contributed by atoms with Crippen molar-refractivity contribution in [1.29, 1.82) is 0 Å². The van der Waals surface area contributed by atoms with Crippen LogP contribution in [0.4, 0.5) is 5.69 Å². The zero-order chi connectivity index (χ0) is 14.0. The van der Waals surface area contributed by atoms with Crippen molar-refractivity contribution in [2.24, 2.45) is 5.92 Å². The molecule has 0 aliphatic carbocycles. The van der Waals surface area contributed by atoms with E-state index in [1.807, 2.05) is 6.92 Å². The first kappa shape index (κ1) is 14.8. The summed E-state index contributed by atoms with van der Waals surface area (Å²) in [6, 6.07) is 4.72. The second-order valence-electron chi connectivity index (χ2n) is 4.67. The summed E-state index contributed by atoms with van der Waals surface area (Å²) in [6.45, 7) is 3.03. The molecule has 0 radical (unpaired) electrons. The van der Waals surface area contributed by atoms with Crippen molar-refractivity contribution in [2.75, 3.05) is 18.9 Å². The van der Waals surface area contributed by atoms with Crippen LogP contribution in [-0.2, 0) is 14.8 Å². The Hall–Kier alpha value is -0.630. The molecule has 7 heteroatoms.